The van der Waals surface area contributed by atoms with Crippen LogP contribution >= 0.6 is 11.3 Å². The molecule has 0 bridgehead atoms. The lowest BCUT2D eigenvalue weighted by Gasteiger charge is -2.07. The van der Waals surface area contributed by atoms with Crippen LogP contribution in [0.1, 0.15) is 20.2 Å². The average Bonchev–Trinajstić information content (AvgIpc) is 3.06. The molecule has 0 aliphatic rings. The summed E-state index contributed by atoms with van der Waals surface area (Å²) in [4.78, 5) is 32.5. The van der Waals surface area contributed by atoms with Crippen LogP contribution in [0, 0.1) is 5.82 Å². The zero-order valence-electron chi connectivity index (χ0n) is 12.2. The summed E-state index contributed by atoms with van der Waals surface area (Å²) >= 11 is 1.18. The Morgan fingerprint density at radius 3 is 2.50 bits per heavy atom. The van der Waals surface area contributed by atoms with E-state index in [9.17, 15) is 14.0 Å². The summed E-state index contributed by atoms with van der Waals surface area (Å²) in [5, 5.41) is 6.97. The first-order valence-electron chi connectivity index (χ1n) is 6.85. The number of benzene rings is 1. The molecule has 2 heterocycles. The minimum atomic E-state index is -0.461. The molecular weight excluding hydrogens is 331 g/mol. The summed E-state index contributed by atoms with van der Waals surface area (Å²) in [5.41, 5.74) is 0.977. The monoisotopic (exact) mass is 342 g/mol. The molecule has 2 aromatic heterocycles. The van der Waals surface area contributed by atoms with E-state index in [0.29, 0.717) is 16.3 Å². The third-order valence-corrected chi connectivity index (χ3v) is 3.93. The highest BCUT2D eigenvalue weighted by molar-refractivity contribution is 7.12. The van der Waals surface area contributed by atoms with Crippen LogP contribution in [0.5, 0.6) is 0 Å². The second-order valence-electron chi connectivity index (χ2n) is 4.67. The number of thiophene rings is 1. The fraction of sp³-hybridized carbons (Fsp3) is 0. The van der Waals surface area contributed by atoms with Crippen LogP contribution in [0.25, 0.3) is 0 Å². The molecule has 0 saturated heterocycles. The van der Waals surface area contributed by atoms with Crippen molar-refractivity contribution >= 4 is 34.5 Å². The van der Waals surface area contributed by atoms with Crippen LogP contribution in [0.2, 0.25) is 0 Å². The summed E-state index contributed by atoms with van der Waals surface area (Å²) in [6.45, 7) is 0. The molecule has 0 radical (unpaired) electrons. The third kappa shape index (κ3) is 3.61. The lowest BCUT2D eigenvalue weighted by Crippen LogP contribution is -2.17. The van der Waals surface area contributed by atoms with Crippen molar-refractivity contribution in [3.63, 3.8) is 0 Å². The van der Waals surface area contributed by atoms with Crippen molar-refractivity contribution in [1.29, 1.82) is 0 Å². The smallest absolute Gasteiger partial charge is 0.275 e. The maximum absolute atomic E-state index is 12.9. The molecule has 1 aromatic carbocycles. The summed E-state index contributed by atoms with van der Waals surface area (Å²) in [6.07, 6.45) is 4.20. The lowest BCUT2D eigenvalue weighted by atomic mass is 10.3. The van der Waals surface area contributed by atoms with Crippen molar-refractivity contribution in [2.75, 3.05) is 10.6 Å². The Kier molecular flexibility index (Phi) is 4.57. The van der Waals surface area contributed by atoms with Crippen molar-refractivity contribution in [3.05, 3.63) is 70.7 Å². The number of anilines is 2. The van der Waals surface area contributed by atoms with Crippen LogP contribution < -0.4 is 10.6 Å². The Morgan fingerprint density at radius 1 is 1.00 bits per heavy atom. The Balaban J connectivity index is 1.74. The minimum absolute atomic E-state index is 0.147. The van der Waals surface area contributed by atoms with Gasteiger partial charge >= 0.3 is 0 Å². The van der Waals surface area contributed by atoms with Gasteiger partial charge in [0.25, 0.3) is 11.8 Å². The van der Waals surface area contributed by atoms with E-state index in [-0.39, 0.29) is 11.5 Å². The van der Waals surface area contributed by atoms with Crippen LogP contribution in [-0.4, -0.2) is 21.8 Å². The quantitative estimate of drug-likeness (QED) is 0.763. The van der Waals surface area contributed by atoms with E-state index in [4.69, 9.17) is 0 Å². The van der Waals surface area contributed by atoms with Crippen LogP contribution in [0.4, 0.5) is 15.8 Å². The van der Waals surface area contributed by atoms with Gasteiger partial charge in [0.15, 0.2) is 0 Å². The zero-order chi connectivity index (χ0) is 16.9. The van der Waals surface area contributed by atoms with Gasteiger partial charge in [-0.15, -0.1) is 11.3 Å². The van der Waals surface area contributed by atoms with E-state index >= 15 is 0 Å². The number of hydrogen-bond acceptors (Lipinski definition) is 5. The highest BCUT2D eigenvalue weighted by Gasteiger charge is 2.17. The van der Waals surface area contributed by atoms with Gasteiger partial charge in [0.1, 0.15) is 16.4 Å². The molecule has 0 unspecified atom stereocenters. The molecule has 0 aliphatic heterocycles. The molecule has 0 fully saturated rings. The number of carbonyl (C=O) groups is 2. The topological polar surface area (TPSA) is 84.0 Å². The second kappa shape index (κ2) is 6.97. The Labute approximate surface area is 140 Å². The number of halogens is 1. The predicted octanol–water partition coefficient (Wildman–Crippen LogP) is 3.18. The molecule has 3 rings (SSSR count). The number of aromatic nitrogens is 2. The molecular formula is C16H11FN4O2S. The standard InChI is InChI=1S/C16H11FN4O2S/c17-10-1-3-11(4-2-10)20-16(23)14-12(5-8-24-14)21-15(22)13-9-18-6-7-19-13/h1-9H,(H,20,23)(H,21,22). The first kappa shape index (κ1) is 15.8. The summed E-state index contributed by atoms with van der Waals surface area (Å²) in [7, 11) is 0. The fourth-order valence-corrected chi connectivity index (χ4v) is 2.65. The fourth-order valence-electron chi connectivity index (χ4n) is 1.91. The molecule has 2 N–H and O–H groups in total. The van der Waals surface area contributed by atoms with Crippen molar-refractivity contribution in [1.82, 2.24) is 9.97 Å². The SMILES string of the molecule is O=C(Nc1ccsc1C(=O)Nc1ccc(F)cc1)c1cnccn1. The van der Waals surface area contributed by atoms with Gasteiger partial charge in [0, 0.05) is 18.1 Å². The maximum atomic E-state index is 12.9. The second-order valence-corrected chi connectivity index (χ2v) is 5.59. The summed E-state index contributed by atoms with van der Waals surface area (Å²) in [6, 6.07) is 7.04. The Morgan fingerprint density at radius 2 is 1.79 bits per heavy atom. The molecule has 0 aliphatic carbocycles. The van der Waals surface area contributed by atoms with Crippen molar-refractivity contribution < 1.29 is 14.0 Å². The zero-order valence-corrected chi connectivity index (χ0v) is 13.0. The molecule has 0 atom stereocenters. The van der Waals surface area contributed by atoms with Gasteiger partial charge in [0.05, 0.1) is 11.9 Å². The molecule has 0 spiro atoms. The summed E-state index contributed by atoms with van der Waals surface area (Å²) < 4.78 is 12.9. The van der Waals surface area contributed by atoms with Crippen molar-refractivity contribution in [2.24, 2.45) is 0 Å². The molecule has 2 amide bonds. The number of amides is 2. The van der Waals surface area contributed by atoms with Gasteiger partial charge in [0.2, 0.25) is 0 Å². The lowest BCUT2D eigenvalue weighted by molar-refractivity contribution is 0.102. The Bertz CT molecular complexity index is 865. The number of hydrogen-bond donors (Lipinski definition) is 2. The highest BCUT2D eigenvalue weighted by Crippen LogP contribution is 2.24. The van der Waals surface area contributed by atoms with E-state index in [0.717, 1.165) is 0 Å². The molecule has 120 valence electrons. The van der Waals surface area contributed by atoms with E-state index in [1.165, 1.54) is 54.2 Å². The minimum Gasteiger partial charge on any atom is -0.321 e. The van der Waals surface area contributed by atoms with Gasteiger partial charge in [-0.05, 0) is 35.7 Å². The number of carbonyl (C=O) groups excluding carboxylic acids is 2. The van der Waals surface area contributed by atoms with Gasteiger partial charge in [-0.25, -0.2) is 9.37 Å². The summed E-state index contributed by atoms with van der Waals surface area (Å²) in [5.74, 6) is -1.25. The molecule has 3 aromatic rings. The highest BCUT2D eigenvalue weighted by atomic mass is 32.1. The number of rotatable bonds is 4. The maximum Gasteiger partial charge on any atom is 0.275 e. The molecule has 24 heavy (non-hydrogen) atoms. The van der Waals surface area contributed by atoms with E-state index in [1.54, 1.807) is 11.4 Å². The average molecular weight is 342 g/mol. The predicted molar refractivity (Wildman–Crippen MR) is 88.7 cm³/mol. The van der Waals surface area contributed by atoms with Gasteiger partial charge < -0.3 is 10.6 Å². The van der Waals surface area contributed by atoms with E-state index in [1.807, 2.05) is 0 Å². The van der Waals surface area contributed by atoms with Crippen LogP contribution in [-0.2, 0) is 0 Å². The van der Waals surface area contributed by atoms with Gasteiger partial charge in [-0.2, -0.15) is 0 Å². The van der Waals surface area contributed by atoms with Crippen molar-refractivity contribution in [3.8, 4) is 0 Å². The largest absolute Gasteiger partial charge is 0.321 e. The first-order valence-corrected chi connectivity index (χ1v) is 7.73. The molecule has 0 saturated carbocycles. The third-order valence-electron chi connectivity index (χ3n) is 3.02. The normalized spacial score (nSPS) is 10.2. The van der Waals surface area contributed by atoms with Crippen LogP contribution in [0.15, 0.2) is 54.3 Å². The van der Waals surface area contributed by atoms with E-state index in [2.05, 4.69) is 20.6 Å². The number of nitrogens with one attached hydrogen (secondary N) is 2. The molecule has 8 heteroatoms. The van der Waals surface area contributed by atoms with E-state index < -0.39 is 11.8 Å². The Hall–Kier alpha value is -3.13. The first-order chi connectivity index (χ1) is 11.6. The van der Waals surface area contributed by atoms with Crippen molar-refractivity contribution in [2.45, 2.75) is 0 Å². The molecule has 6 nitrogen and oxygen atoms in total. The van der Waals surface area contributed by atoms with Gasteiger partial charge in [-0.3, -0.25) is 14.6 Å². The van der Waals surface area contributed by atoms with Gasteiger partial charge in [-0.1, -0.05) is 0 Å². The van der Waals surface area contributed by atoms with Crippen LogP contribution in [0.3, 0.4) is 0 Å². The number of nitrogens with zero attached hydrogens (tertiary/aromatic N) is 2.